The Labute approximate surface area is 97.8 Å². The van der Waals surface area contributed by atoms with Gasteiger partial charge in [-0.2, -0.15) is 0 Å². The van der Waals surface area contributed by atoms with E-state index in [1.54, 1.807) is 0 Å². The fourth-order valence-corrected chi connectivity index (χ4v) is 1.41. The van der Waals surface area contributed by atoms with Gasteiger partial charge >= 0.3 is 0 Å². The summed E-state index contributed by atoms with van der Waals surface area (Å²) in [7, 11) is 0. The topological polar surface area (TPSA) is 30.5 Å². The summed E-state index contributed by atoms with van der Waals surface area (Å²) in [4.78, 5) is 0. The average molecular weight is 223 g/mol. The van der Waals surface area contributed by atoms with Crippen LogP contribution in [0, 0.1) is 0 Å². The van der Waals surface area contributed by atoms with E-state index in [0.717, 1.165) is 25.4 Å². The van der Waals surface area contributed by atoms with Gasteiger partial charge in [-0.15, -0.1) is 0 Å². The minimum Gasteiger partial charge on any atom is -0.491 e. The molecule has 0 spiro atoms. The van der Waals surface area contributed by atoms with Crippen LogP contribution >= 0.6 is 0 Å². The molecule has 90 valence electrons. The SMILES string of the molecule is CCNCc1ccccc1OCCOCC. The Morgan fingerprint density at radius 3 is 2.69 bits per heavy atom. The smallest absolute Gasteiger partial charge is 0.123 e. The maximum atomic E-state index is 5.67. The molecule has 0 aliphatic heterocycles. The molecule has 0 heterocycles. The van der Waals surface area contributed by atoms with Gasteiger partial charge in [-0.25, -0.2) is 0 Å². The van der Waals surface area contributed by atoms with Crippen LogP contribution in [-0.4, -0.2) is 26.4 Å². The minimum absolute atomic E-state index is 0.608. The zero-order chi connectivity index (χ0) is 11.6. The Morgan fingerprint density at radius 2 is 1.94 bits per heavy atom. The molecule has 1 rings (SSSR count). The summed E-state index contributed by atoms with van der Waals surface area (Å²) in [6, 6.07) is 8.10. The van der Waals surface area contributed by atoms with Crippen molar-refractivity contribution in [1.29, 1.82) is 0 Å². The zero-order valence-corrected chi connectivity index (χ0v) is 10.2. The molecule has 0 aliphatic carbocycles. The van der Waals surface area contributed by atoms with Crippen molar-refractivity contribution in [3.05, 3.63) is 29.8 Å². The van der Waals surface area contributed by atoms with Gasteiger partial charge in [-0.1, -0.05) is 25.1 Å². The summed E-state index contributed by atoms with van der Waals surface area (Å²) in [5.41, 5.74) is 1.20. The summed E-state index contributed by atoms with van der Waals surface area (Å²) in [6.45, 7) is 7.89. The fraction of sp³-hybridized carbons (Fsp3) is 0.538. The number of ether oxygens (including phenoxy) is 2. The van der Waals surface area contributed by atoms with E-state index in [2.05, 4.69) is 18.3 Å². The van der Waals surface area contributed by atoms with Gasteiger partial charge in [0.2, 0.25) is 0 Å². The van der Waals surface area contributed by atoms with Gasteiger partial charge in [-0.05, 0) is 19.5 Å². The van der Waals surface area contributed by atoms with Crippen LogP contribution in [0.2, 0.25) is 0 Å². The molecule has 0 aromatic heterocycles. The first-order valence-electron chi connectivity index (χ1n) is 5.87. The molecule has 0 bridgehead atoms. The number of nitrogens with one attached hydrogen (secondary N) is 1. The third-order valence-corrected chi connectivity index (χ3v) is 2.23. The lowest BCUT2D eigenvalue weighted by Crippen LogP contribution is -2.14. The van der Waals surface area contributed by atoms with Crippen LogP contribution in [0.1, 0.15) is 19.4 Å². The highest BCUT2D eigenvalue weighted by molar-refractivity contribution is 5.33. The van der Waals surface area contributed by atoms with Gasteiger partial charge in [0.05, 0.1) is 6.61 Å². The number of hydrogen-bond donors (Lipinski definition) is 1. The maximum Gasteiger partial charge on any atom is 0.123 e. The van der Waals surface area contributed by atoms with Gasteiger partial charge in [0.15, 0.2) is 0 Å². The van der Waals surface area contributed by atoms with E-state index in [4.69, 9.17) is 9.47 Å². The summed E-state index contributed by atoms with van der Waals surface area (Å²) in [5.74, 6) is 0.947. The molecule has 1 aromatic rings. The second kappa shape index (κ2) is 8.13. The van der Waals surface area contributed by atoms with Gasteiger partial charge in [0, 0.05) is 18.7 Å². The molecule has 0 atom stereocenters. The number of rotatable bonds is 8. The molecular weight excluding hydrogens is 202 g/mol. The van der Waals surface area contributed by atoms with Gasteiger partial charge < -0.3 is 14.8 Å². The fourth-order valence-electron chi connectivity index (χ4n) is 1.41. The van der Waals surface area contributed by atoms with Crippen molar-refractivity contribution in [2.24, 2.45) is 0 Å². The Balaban J connectivity index is 2.43. The molecule has 0 saturated carbocycles. The van der Waals surface area contributed by atoms with Crippen LogP contribution in [-0.2, 0) is 11.3 Å². The minimum atomic E-state index is 0.608. The Hall–Kier alpha value is -1.06. The van der Waals surface area contributed by atoms with E-state index in [9.17, 15) is 0 Å². The van der Waals surface area contributed by atoms with Crippen molar-refractivity contribution < 1.29 is 9.47 Å². The lowest BCUT2D eigenvalue weighted by atomic mass is 10.2. The van der Waals surface area contributed by atoms with E-state index >= 15 is 0 Å². The Bertz CT molecular complexity index is 289. The van der Waals surface area contributed by atoms with Gasteiger partial charge in [0.1, 0.15) is 12.4 Å². The molecule has 0 aliphatic rings. The molecule has 0 fully saturated rings. The standard InChI is InChI=1S/C13H21NO2/c1-3-14-11-12-7-5-6-8-13(12)16-10-9-15-4-2/h5-8,14H,3-4,9-11H2,1-2H3. The third-order valence-electron chi connectivity index (χ3n) is 2.23. The normalized spacial score (nSPS) is 10.4. The highest BCUT2D eigenvalue weighted by atomic mass is 16.5. The highest BCUT2D eigenvalue weighted by Crippen LogP contribution is 2.17. The second-order valence-corrected chi connectivity index (χ2v) is 3.43. The van der Waals surface area contributed by atoms with Crippen LogP contribution in [0.4, 0.5) is 0 Å². The molecule has 1 aromatic carbocycles. The number of hydrogen-bond acceptors (Lipinski definition) is 3. The summed E-state index contributed by atoms with van der Waals surface area (Å²) < 4.78 is 10.9. The van der Waals surface area contributed by atoms with Crippen molar-refractivity contribution in [3.63, 3.8) is 0 Å². The summed E-state index contributed by atoms with van der Waals surface area (Å²) in [6.07, 6.45) is 0. The van der Waals surface area contributed by atoms with Crippen LogP contribution in [0.5, 0.6) is 5.75 Å². The summed E-state index contributed by atoms with van der Waals surface area (Å²) in [5, 5.41) is 3.30. The first-order valence-corrected chi connectivity index (χ1v) is 5.87. The first-order chi connectivity index (χ1) is 7.88. The van der Waals surface area contributed by atoms with Crippen molar-refractivity contribution in [2.75, 3.05) is 26.4 Å². The second-order valence-electron chi connectivity index (χ2n) is 3.43. The Kier molecular flexibility index (Phi) is 6.61. The molecule has 16 heavy (non-hydrogen) atoms. The van der Waals surface area contributed by atoms with Crippen molar-refractivity contribution in [1.82, 2.24) is 5.32 Å². The van der Waals surface area contributed by atoms with Crippen molar-refractivity contribution in [3.8, 4) is 5.75 Å². The number of para-hydroxylation sites is 1. The van der Waals surface area contributed by atoms with Crippen LogP contribution in [0.3, 0.4) is 0 Å². The van der Waals surface area contributed by atoms with Crippen LogP contribution in [0.25, 0.3) is 0 Å². The van der Waals surface area contributed by atoms with E-state index in [1.165, 1.54) is 5.56 Å². The predicted molar refractivity (Wildman–Crippen MR) is 65.8 cm³/mol. The lowest BCUT2D eigenvalue weighted by Gasteiger charge is -2.11. The molecule has 3 nitrogen and oxygen atoms in total. The molecule has 0 saturated heterocycles. The van der Waals surface area contributed by atoms with Gasteiger partial charge in [-0.3, -0.25) is 0 Å². The summed E-state index contributed by atoms with van der Waals surface area (Å²) >= 11 is 0. The quantitative estimate of drug-likeness (QED) is 0.685. The maximum absolute atomic E-state index is 5.67. The largest absolute Gasteiger partial charge is 0.491 e. The highest BCUT2D eigenvalue weighted by Gasteiger charge is 2.01. The Morgan fingerprint density at radius 1 is 1.12 bits per heavy atom. The van der Waals surface area contributed by atoms with E-state index in [1.807, 2.05) is 25.1 Å². The van der Waals surface area contributed by atoms with Crippen molar-refractivity contribution in [2.45, 2.75) is 20.4 Å². The monoisotopic (exact) mass is 223 g/mol. The van der Waals surface area contributed by atoms with Crippen LogP contribution in [0.15, 0.2) is 24.3 Å². The molecule has 0 unspecified atom stereocenters. The lowest BCUT2D eigenvalue weighted by molar-refractivity contribution is 0.110. The van der Waals surface area contributed by atoms with E-state index in [0.29, 0.717) is 13.2 Å². The van der Waals surface area contributed by atoms with Gasteiger partial charge in [0.25, 0.3) is 0 Å². The molecule has 0 amide bonds. The zero-order valence-electron chi connectivity index (χ0n) is 10.2. The molecule has 0 radical (unpaired) electrons. The van der Waals surface area contributed by atoms with E-state index < -0.39 is 0 Å². The molecule has 3 heteroatoms. The predicted octanol–water partition coefficient (Wildman–Crippen LogP) is 2.21. The average Bonchev–Trinajstić information content (AvgIpc) is 2.33. The number of benzene rings is 1. The third kappa shape index (κ3) is 4.64. The van der Waals surface area contributed by atoms with E-state index in [-0.39, 0.29) is 0 Å². The van der Waals surface area contributed by atoms with Crippen LogP contribution < -0.4 is 10.1 Å². The van der Waals surface area contributed by atoms with Crippen molar-refractivity contribution >= 4 is 0 Å². The first kappa shape index (κ1) is 13.0. The molecule has 1 N–H and O–H groups in total. The molecular formula is C13H21NO2.